The van der Waals surface area contributed by atoms with Crippen LogP contribution in [0.15, 0.2) is 0 Å². The Bertz CT molecular complexity index is 190. The maximum atomic E-state index is 10.5. The number of aliphatic carboxylic acids is 1. The molecule has 88 valence electrons. The highest BCUT2D eigenvalue weighted by molar-refractivity contribution is 5.66. The van der Waals surface area contributed by atoms with Gasteiger partial charge in [-0.1, -0.05) is 19.3 Å². The summed E-state index contributed by atoms with van der Waals surface area (Å²) in [5.41, 5.74) is 0. The lowest BCUT2D eigenvalue weighted by Gasteiger charge is -2.33. The first-order valence-electron chi connectivity index (χ1n) is 5.80. The van der Waals surface area contributed by atoms with Crippen LogP contribution in [-0.4, -0.2) is 46.8 Å². The standard InChI is InChI=1S/C11H21NO3/c13-9-8-12(7-6-11(14)15)10-4-2-1-3-5-10/h10,13H,1-9H2,(H,14,15). The Morgan fingerprint density at radius 1 is 1.20 bits per heavy atom. The van der Waals surface area contributed by atoms with E-state index in [1.54, 1.807) is 0 Å². The fourth-order valence-electron chi connectivity index (χ4n) is 2.29. The summed E-state index contributed by atoms with van der Waals surface area (Å²) in [4.78, 5) is 12.6. The molecule has 1 fully saturated rings. The van der Waals surface area contributed by atoms with E-state index in [0.717, 1.165) is 12.8 Å². The lowest BCUT2D eigenvalue weighted by atomic mass is 9.94. The van der Waals surface area contributed by atoms with Gasteiger partial charge in [-0.2, -0.15) is 0 Å². The molecule has 0 heterocycles. The highest BCUT2D eigenvalue weighted by Gasteiger charge is 2.20. The third kappa shape index (κ3) is 4.62. The van der Waals surface area contributed by atoms with E-state index in [4.69, 9.17) is 10.2 Å². The maximum absolute atomic E-state index is 10.5. The summed E-state index contributed by atoms with van der Waals surface area (Å²) in [5.74, 6) is -0.756. The minimum atomic E-state index is -0.756. The molecule has 1 aliphatic rings. The van der Waals surface area contributed by atoms with E-state index in [0.29, 0.717) is 19.1 Å². The Morgan fingerprint density at radius 3 is 2.40 bits per heavy atom. The second-order valence-corrected chi connectivity index (χ2v) is 4.20. The molecule has 0 aromatic carbocycles. The zero-order valence-corrected chi connectivity index (χ0v) is 9.19. The summed E-state index contributed by atoms with van der Waals surface area (Å²) in [6.07, 6.45) is 6.25. The molecule has 0 radical (unpaired) electrons. The van der Waals surface area contributed by atoms with Crippen LogP contribution in [0, 0.1) is 0 Å². The molecule has 0 aliphatic heterocycles. The number of carboxylic acids is 1. The van der Waals surface area contributed by atoms with E-state index in [9.17, 15) is 4.79 Å². The number of carboxylic acid groups (broad SMARTS) is 1. The first-order valence-corrected chi connectivity index (χ1v) is 5.80. The van der Waals surface area contributed by atoms with Crippen molar-refractivity contribution in [3.8, 4) is 0 Å². The Kier molecular flexibility index (Phi) is 5.65. The summed E-state index contributed by atoms with van der Waals surface area (Å²) in [6, 6.07) is 0.491. The number of hydrogen-bond acceptors (Lipinski definition) is 3. The minimum absolute atomic E-state index is 0.121. The third-order valence-corrected chi connectivity index (χ3v) is 3.09. The summed E-state index contributed by atoms with van der Waals surface area (Å²) in [5, 5.41) is 17.6. The van der Waals surface area contributed by atoms with Gasteiger partial charge >= 0.3 is 5.97 Å². The molecule has 1 aliphatic carbocycles. The van der Waals surface area contributed by atoms with Crippen LogP contribution in [0.3, 0.4) is 0 Å². The molecule has 4 heteroatoms. The van der Waals surface area contributed by atoms with Crippen LogP contribution in [-0.2, 0) is 4.79 Å². The summed E-state index contributed by atoms with van der Waals surface area (Å²) in [6.45, 7) is 1.30. The van der Waals surface area contributed by atoms with Gasteiger partial charge in [-0.25, -0.2) is 0 Å². The second kappa shape index (κ2) is 6.80. The van der Waals surface area contributed by atoms with Crippen molar-refractivity contribution in [3.05, 3.63) is 0 Å². The molecular weight excluding hydrogens is 194 g/mol. The highest BCUT2D eigenvalue weighted by Crippen LogP contribution is 2.22. The van der Waals surface area contributed by atoms with E-state index in [2.05, 4.69) is 4.90 Å². The molecule has 0 saturated heterocycles. The number of hydrogen-bond donors (Lipinski definition) is 2. The Balaban J connectivity index is 2.36. The van der Waals surface area contributed by atoms with E-state index in [1.165, 1.54) is 19.3 Å². The average molecular weight is 215 g/mol. The van der Waals surface area contributed by atoms with Gasteiger partial charge in [-0.15, -0.1) is 0 Å². The fraction of sp³-hybridized carbons (Fsp3) is 0.909. The molecule has 0 bridgehead atoms. The van der Waals surface area contributed by atoms with Gasteiger partial charge in [0, 0.05) is 19.1 Å². The van der Waals surface area contributed by atoms with Crippen LogP contribution in [0.1, 0.15) is 38.5 Å². The van der Waals surface area contributed by atoms with Gasteiger partial charge in [0.25, 0.3) is 0 Å². The van der Waals surface area contributed by atoms with Crippen molar-refractivity contribution in [1.82, 2.24) is 4.90 Å². The molecule has 2 N–H and O–H groups in total. The first kappa shape index (κ1) is 12.5. The van der Waals surface area contributed by atoms with Gasteiger partial charge in [-0.3, -0.25) is 9.69 Å². The van der Waals surface area contributed by atoms with Gasteiger partial charge < -0.3 is 10.2 Å². The van der Waals surface area contributed by atoms with Crippen molar-refractivity contribution in [2.75, 3.05) is 19.7 Å². The molecule has 0 unspecified atom stereocenters. The van der Waals surface area contributed by atoms with Crippen molar-refractivity contribution in [2.45, 2.75) is 44.6 Å². The number of aliphatic hydroxyl groups is 1. The van der Waals surface area contributed by atoms with E-state index in [-0.39, 0.29) is 13.0 Å². The summed E-state index contributed by atoms with van der Waals surface area (Å²) >= 11 is 0. The summed E-state index contributed by atoms with van der Waals surface area (Å²) < 4.78 is 0. The number of carbonyl (C=O) groups is 1. The first-order chi connectivity index (χ1) is 7.24. The Hall–Kier alpha value is -0.610. The van der Waals surface area contributed by atoms with E-state index in [1.807, 2.05) is 0 Å². The molecular formula is C11H21NO3. The van der Waals surface area contributed by atoms with Crippen molar-refractivity contribution < 1.29 is 15.0 Å². The van der Waals surface area contributed by atoms with Gasteiger partial charge in [0.15, 0.2) is 0 Å². The van der Waals surface area contributed by atoms with Crippen LogP contribution in [0.2, 0.25) is 0 Å². The predicted molar refractivity (Wildman–Crippen MR) is 57.8 cm³/mol. The summed E-state index contributed by atoms with van der Waals surface area (Å²) in [7, 11) is 0. The molecule has 4 nitrogen and oxygen atoms in total. The monoisotopic (exact) mass is 215 g/mol. The topological polar surface area (TPSA) is 60.8 Å². The van der Waals surface area contributed by atoms with Crippen molar-refractivity contribution in [1.29, 1.82) is 0 Å². The average Bonchev–Trinajstić information content (AvgIpc) is 2.25. The normalized spacial score (nSPS) is 18.3. The van der Waals surface area contributed by atoms with Gasteiger partial charge in [-0.05, 0) is 12.8 Å². The van der Waals surface area contributed by atoms with Crippen molar-refractivity contribution >= 4 is 5.97 Å². The van der Waals surface area contributed by atoms with Crippen molar-refractivity contribution in [2.24, 2.45) is 0 Å². The quantitative estimate of drug-likeness (QED) is 0.696. The minimum Gasteiger partial charge on any atom is -0.481 e. The zero-order chi connectivity index (χ0) is 11.1. The molecule has 0 aromatic heterocycles. The molecule has 15 heavy (non-hydrogen) atoms. The van der Waals surface area contributed by atoms with E-state index >= 15 is 0 Å². The molecule has 0 aromatic rings. The van der Waals surface area contributed by atoms with Crippen LogP contribution >= 0.6 is 0 Å². The Morgan fingerprint density at radius 2 is 1.87 bits per heavy atom. The smallest absolute Gasteiger partial charge is 0.304 e. The van der Waals surface area contributed by atoms with Gasteiger partial charge in [0.1, 0.15) is 0 Å². The predicted octanol–water partition coefficient (Wildman–Crippen LogP) is 1.09. The molecule has 0 atom stereocenters. The number of rotatable bonds is 6. The van der Waals surface area contributed by atoms with E-state index < -0.39 is 5.97 Å². The number of aliphatic hydroxyl groups excluding tert-OH is 1. The van der Waals surface area contributed by atoms with Crippen LogP contribution in [0.25, 0.3) is 0 Å². The molecule has 1 saturated carbocycles. The second-order valence-electron chi connectivity index (χ2n) is 4.20. The largest absolute Gasteiger partial charge is 0.481 e. The van der Waals surface area contributed by atoms with Gasteiger partial charge in [0.05, 0.1) is 13.0 Å². The van der Waals surface area contributed by atoms with Crippen LogP contribution < -0.4 is 0 Å². The molecule has 0 spiro atoms. The zero-order valence-electron chi connectivity index (χ0n) is 9.19. The lowest BCUT2D eigenvalue weighted by Crippen LogP contribution is -2.40. The van der Waals surface area contributed by atoms with Crippen LogP contribution in [0.5, 0.6) is 0 Å². The van der Waals surface area contributed by atoms with Gasteiger partial charge in [0.2, 0.25) is 0 Å². The molecule has 0 amide bonds. The lowest BCUT2D eigenvalue weighted by molar-refractivity contribution is -0.137. The Labute approximate surface area is 90.9 Å². The van der Waals surface area contributed by atoms with Crippen LogP contribution in [0.4, 0.5) is 0 Å². The maximum Gasteiger partial charge on any atom is 0.304 e. The highest BCUT2D eigenvalue weighted by atomic mass is 16.4. The SMILES string of the molecule is O=C(O)CCN(CCO)C1CCCCC1. The third-order valence-electron chi connectivity index (χ3n) is 3.09. The number of nitrogens with zero attached hydrogens (tertiary/aromatic N) is 1. The molecule has 1 rings (SSSR count). The van der Waals surface area contributed by atoms with Crippen molar-refractivity contribution in [3.63, 3.8) is 0 Å². The fourth-order valence-corrected chi connectivity index (χ4v) is 2.29.